The molecule has 0 aromatic heterocycles. The van der Waals surface area contributed by atoms with Crippen LogP contribution in [-0.4, -0.2) is 44.6 Å². The Kier molecular flexibility index (Phi) is 5.15. The number of rotatable bonds is 5. The number of imide groups is 2. The molecule has 126 valence electrons. The number of carbonyl (C=O) groups excluding carboxylic acids is 4. The number of benzene rings is 1. The smallest absolute Gasteiger partial charge is 0.343 e. The van der Waals surface area contributed by atoms with Crippen molar-refractivity contribution in [2.24, 2.45) is 0 Å². The first-order valence-electron chi connectivity index (χ1n) is 6.70. The second kappa shape index (κ2) is 7.27. The largest absolute Gasteiger partial charge is 0.493 e. The molecule has 4 amide bonds. The molecular formula is C15H14N2O7. The molecule has 1 aliphatic heterocycles. The predicted molar refractivity (Wildman–Crippen MR) is 80.2 cm³/mol. The number of esters is 1. The van der Waals surface area contributed by atoms with E-state index < -0.39 is 23.8 Å². The number of ether oxygens (including phenoxy) is 3. The first-order valence-corrected chi connectivity index (χ1v) is 6.70. The van der Waals surface area contributed by atoms with Crippen molar-refractivity contribution in [1.29, 1.82) is 0 Å². The van der Waals surface area contributed by atoms with Crippen molar-refractivity contribution < 1.29 is 33.4 Å². The lowest BCUT2D eigenvalue weighted by Gasteiger charge is -2.14. The van der Waals surface area contributed by atoms with Gasteiger partial charge in [0.25, 0.3) is 11.8 Å². The first kappa shape index (κ1) is 17.0. The highest BCUT2D eigenvalue weighted by Gasteiger charge is 2.27. The predicted octanol–water partition coefficient (Wildman–Crippen LogP) is -0.00360. The highest BCUT2D eigenvalue weighted by atomic mass is 16.6. The van der Waals surface area contributed by atoms with E-state index in [0.717, 1.165) is 0 Å². The molecule has 1 aliphatic rings. The van der Waals surface area contributed by atoms with Gasteiger partial charge in [0.1, 0.15) is 5.57 Å². The van der Waals surface area contributed by atoms with Crippen LogP contribution in [0.25, 0.3) is 6.08 Å². The molecule has 0 aliphatic carbocycles. The van der Waals surface area contributed by atoms with E-state index in [1.54, 1.807) is 6.07 Å². The molecule has 0 atom stereocenters. The average molecular weight is 334 g/mol. The lowest BCUT2D eigenvalue weighted by Crippen LogP contribution is -2.51. The fraction of sp³-hybridized carbons (Fsp3) is 0.200. The summed E-state index contributed by atoms with van der Waals surface area (Å²) in [5, 5.41) is 3.95. The molecule has 1 aromatic rings. The molecule has 0 saturated carbocycles. The summed E-state index contributed by atoms with van der Waals surface area (Å²) in [5.41, 5.74) is 0.242. The maximum absolute atomic E-state index is 11.7. The maximum Gasteiger partial charge on any atom is 0.343 e. The van der Waals surface area contributed by atoms with Gasteiger partial charge < -0.3 is 14.2 Å². The zero-order valence-electron chi connectivity index (χ0n) is 12.9. The molecule has 2 rings (SSSR count). The zero-order valence-corrected chi connectivity index (χ0v) is 12.9. The SMILES string of the molecule is COC(=O)COc1ccc(C=C2C(=O)NC(=O)NC2=O)cc1OC. The topological polar surface area (TPSA) is 120 Å². The second-order valence-electron chi connectivity index (χ2n) is 4.57. The Morgan fingerprint density at radius 2 is 1.75 bits per heavy atom. The highest BCUT2D eigenvalue weighted by molar-refractivity contribution is 6.31. The van der Waals surface area contributed by atoms with Gasteiger partial charge in [-0.1, -0.05) is 6.07 Å². The van der Waals surface area contributed by atoms with E-state index in [9.17, 15) is 19.2 Å². The van der Waals surface area contributed by atoms with Gasteiger partial charge in [0.05, 0.1) is 14.2 Å². The number of carbonyl (C=O) groups is 4. The summed E-state index contributed by atoms with van der Waals surface area (Å²) in [5.74, 6) is -1.57. The van der Waals surface area contributed by atoms with Crippen LogP contribution in [0.3, 0.4) is 0 Å². The van der Waals surface area contributed by atoms with E-state index in [4.69, 9.17) is 9.47 Å². The van der Waals surface area contributed by atoms with Gasteiger partial charge in [0.15, 0.2) is 18.1 Å². The minimum Gasteiger partial charge on any atom is -0.493 e. The third kappa shape index (κ3) is 3.88. The Bertz CT molecular complexity index is 717. The Morgan fingerprint density at radius 3 is 2.33 bits per heavy atom. The van der Waals surface area contributed by atoms with Crippen molar-refractivity contribution in [3.8, 4) is 11.5 Å². The standard InChI is InChI=1S/C15H14N2O7/c1-22-11-6-8(3-4-10(11)24-7-12(18)23-2)5-9-13(19)16-15(21)17-14(9)20/h3-6H,7H2,1-2H3,(H2,16,17,19,20,21). The molecule has 0 unspecified atom stereocenters. The van der Waals surface area contributed by atoms with Crippen LogP contribution in [0.2, 0.25) is 0 Å². The third-order valence-electron chi connectivity index (χ3n) is 3.02. The molecule has 1 aromatic carbocycles. The molecule has 9 nitrogen and oxygen atoms in total. The van der Waals surface area contributed by atoms with Crippen LogP contribution in [0.15, 0.2) is 23.8 Å². The normalized spacial score (nSPS) is 13.8. The van der Waals surface area contributed by atoms with E-state index in [-0.39, 0.29) is 17.9 Å². The van der Waals surface area contributed by atoms with Crippen molar-refractivity contribution in [1.82, 2.24) is 10.6 Å². The summed E-state index contributed by atoms with van der Waals surface area (Å²) in [6.45, 7) is -0.291. The van der Waals surface area contributed by atoms with E-state index in [1.807, 2.05) is 10.6 Å². The lowest BCUT2D eigenvalue weighted by molar-refractivity contribution is -0.143. The minimum atomic E-state index is -0.869. The minimum absolute atomic E-state index is 0.222. The molecule has 0 bridgehead atoms. The fourth-order valence-electron chi connectivity index (χ4n) is 1.86. The van der Waals surface area contributed by atoms with Crippen molar-refractivity contribution >= 4 is 29.9 Å². The number of amides is 4. The number of methoxy groups -OCH3 is 2. The van der Waals surface area contributed by atoms with Crippen molar-refractivity contribution in [2.45, 2.75) is 0 Å². The van der Waals surface area contributed by atoms with Gasteiger partial charge in [0.2, 0.25) is 0 Å². The highest BCUT2D eigenvalue weighted by Crippen LogP contribution is 2.29. The van der Waals surface area contributed by atoms with Crippen LogP contribution >= 0.6 is 0 Å². The van der Waals surface area contributed by atoms with Gasteiger partial charge in [-0.05, 0) is 23.8 Å². The van der Waals surface area contributed by atoms with Crippen molar-refractivity contribution in [2.75, 3.05) is 20.8 Å². The van der Waals surface area contributed by atoms with Crippen LogP contribution in [-0.2, 0) is 19.1 Å². The molecule has 24 heavy (non-hydrogen) atoms. The van der Waals surface area contributed by atoms with Crippen LogP contribution in [0, 0.1) is 0 Å². The molecular weight excluding hydrogens is 320 g/mol. The Balaban J connectivity index is 2.24. The summed E-state index contributed by atoms with van der Waals surface area (Å²) >= 11 is 0. The molecule has 9 heteroatoms. The zero-order chi connectivity index (χ0) is 17.7. The molecule has 0 spiro atoms. The quantitative estimate of drug-likeness (QED) is 0.441. The van der Waals surface area contributed by atoms with Gasteiger partial charge in [-0.3, -0.25) is 20.2 Å². The first-order chi connectivity index (χ1) is 11.4. The van der Waals surface area contributed by atoms with E-state index >= 15 is 0 Å². The third-order valence-corrected chi connectivity index (χ3v) is 3.02. The van der Waals surface area contributed by atoms with Crippen molar-refractivity contribution in [3.05, 3.63) is 29.3 Å². The van der Waals surface area contributed by atoms with E-state index in [0.29, 0.717) is 11.3 Å². The monoisotopic (exact) mass is 334 g/mol. The Morgan fingerprint density at radius 1 is 1.08 bits per heavy atom. The van der Waals surface area contributed by atoms with Crippen LogP contribution < -0.4 is 20.1 Å². The van der Waals surface area contributed by atoms with Gasteiger partial charge in [-0.2, -0.15) is 0 Å². The molecule has 1 fully saturated rings. The average Bonchev–Trinajstić information content (AvgIpc) is 2.56. The number of urea groups is 1. The second-order valence-corrected chi connectivity index (χ2v) is 4.57. The number of barbiturate groups is 1. The fourth-order valence-corrected chi connectivity index (χ4v) is 1.86. The Labute approximate surface area is 136 Å². The summed E-state index contributed by atoms with van der Waals surface area (Å²) in [4.78, 5) is 45.5. The van der Waals surface area contributed by atoms with Crippen LogP contribution in [0.4, 0.5) is 4.79 Å². The molecule has 0 radical (unpaired) electrons. The summed E-state index contributed by atoms with van der Waals surface area (Å²) < 4.78 is 14.9. The van der Waals surface area contributed by atoms with Crippen LogP contribution in [0.5, 0.6) is 11.5 Å². The van der Waals surface area contributed by atoms with Gasteiger partial charge in [0, 0.05) is 0 Å². The maximum atomic E-state index is 11.7. The summed E-state index contributed by atoms with van der Waals surface area (Å²) in [7, 11) is 2.64. The van der Waals surface area contributed by atoms with E-state index in [1.165, 1.54) is 32.4 Å². The summed E-state index contributed by atoms with van der Waals surface area (Å²) in [6, 6.07) is 3.71. The lowest BCUT2D eigenvalue weighted by atomic mass is 10.1. The number of hydrogen-bond donors (Lipinski definition) is 2. The molecule has 2 N–H and O–H groups in total. The van der Waals surface area contributed by atoms with Crippen LogP contribution in [0.1, 0.15) is 5.56 Å². The summed E-state index contributed by atoms with van der Waals surface area (Å²) in [6.07, 6.45) is 1.30. The van der Waals surface area contributed by atoms with Gasteiger partial charge in [-0.25, -0.2) is 9.59 Å². The van der Waals surface area contributed by atoms with Gasteiger partial charge >= 0.3 is 12.0 Å². The van der Waals surface area contributed by atoms with Gasteiger partial charge in [-0.15, -0.1) is 0 Å². The van der Waals surface area contributed by atoms with E-state index in [2.05, 4.69) is 4.74 Å². The molecule has 1 saturated heterocycles. The Hall–Kier alpha value is -3.36. The number of nitrogens with one attached hydrogen (secondary N) is 2. The molecule has 1 heterocycles. The van der Waals surface area contributed by atoms with Crippen molar-refractivity contribution in [3.63, 3.8) is 0 Å². The number of hydrogen-bond acceptors (Lipinski definition) is 7.